The first-order valence-electron chi connectivity index (χ1n) is 5.43. The average molecular weight is 289 g/mol. The van der Waals surface area contributed by atoms with Gasteiger partial charge in [-0.3, -0.25) is 0 Å². The molecule has 0 unspecified atom stereocenters. The van der Waals surface area contributed by atoms with Gasteiger partial charge in [-0.25, -0.2) is 19.4 Å². The summed E-state index contributed by atoms with van der Waals surface area (Å²) in [6.45, 7) is 0. The second-order valence-corrected chi connectivity index (χ2v) is 3.72. The number of nitrogens with zero attached hydrogens (tertiary/aromatic N) is 3. The molecule has 106 valence electrons. The topological polar surface area (TPSA) is 140 Å². The Morgan fingerprint density at radius 3 is 1.81 bits per heavy atom. The summed E-state index contributed by atoms with van der Waals surface area (Å²) >= 11 is 0. The number of hydrogen-bond acceptors (Lipinski definition) is 7. The lowest BCUT2D eigenvalue weighted by Gasteiger charge is -2.04. The molecule has 0 saturated carbocycles. The largest absolute Gasteiger partial charge is 0.478 e. The van der Waals surface area contributed by atoms with Crippen LogP contribution in [0.5, 0.6) is 6.01 Å². The van der Waals surface area contributed by atoms with E-state index in [9.17, 15) is 14.4 Å². The maximum Gasteiger partial charge on any atom is 0.346 e. The van der Waals surface area contributed by atoms with Crippen LogP contribution in [0.2, 0.25) is 0 Å². The summed E-state index contributed by atoms with van der Waals surface area (Å²) in [7, 11) is 0. The Morgan fingerprint density at radius 2 is 1.33 bits per heavy atom. The molecular weight excluding hydrogens is 282 g/mol. The van der Waals surface area contributed by atoms with Crippen molar-refractivity contribution in [3.05, 3.63) is 47.5 Å². The summed E-state index contributed by atoms with van der Waals surface area (Å²) in [5.41, 5.74) is -0.942. The number of carbonyl (C=O) groups is 3. The van der Waals surface area contributed by atoms with Crippen molar-refractivity contribution in [2.75, 3.05) is 0 Å². The van der Waals surface area contributed by atoms with E-state index in [2.05, 4.69) is 15.0 Å². The fourth-order valence-electron chi connectivity index (χ4n) is 1.42. The zero-order valence-corrected chi connectivity index (χ0v) is 10.3. The Bertz CT molecular complexity index is 684. The average Bonchev–Trinajstić information content (AvgIpc) is 2.47. The number of rotatable bonds is 4. The van der Waals surface area contributed by atoms with Gasteiger partial charge in [0.2, 0.25) is 0 Å². The molecule has 1 aromatic heterocycles. The molecule has 0 bridgehead atoms. The van der Waals surface area contributed by atoms with E-state index >= 15 is 0 Å². The van der Waals surface area contributed by atoms with Crippen LogP contribution in [0.15, 0.2) is 30.9 Å². The van der Waals surface area contributed by atoms with E-state index in [0.717, 1.165) is 30.9 Å². The highest BCUT2D eigenvalue weighted by Gasteiger charge is 2.17. The maximum atomic E-state index is 11.9. The zero-order chi connectivity index (χ0) is 15.4. The summed E-state index contributed by atoms with van der Waals surface area (Å²) < 4.78 is 4.78. The molecule has 0 aliphatic rings. The third-order valence-corrected chi connectivity index (χ3v) is 2.32. The molecule has 0 amide bonds. The van der Waals surface area contributed by atoms with Gasteiger partial charge < -0.3 is 14.9 Å². The number of esters is 1. The van der Waals surface area contributed by atoms with Crippen LogP contribution in [0.3, 0.4) is 0 Å². The van der Waals surface area contributed by atoms with Crippen LogP contribution >= 0.6 is 0 Å². The minimum absolute atomic E-state index is 0.243. The standard InChI is InChI=1S/C12H7N3O6/c16-9(17)6-1-7(10(18)19)3-8(2-6)11(20)21-12-14-4-13-5-15-12/h1-5H,(H,16,17)(H,18,19). The lowest BCUT2D eigenvalue weighted by molar-refractivity contribution is 0.0696. The summed E-state index contributed by atoms with van der Waals surface area (Å²) in [6, 6.07) is 2.65. The first-order chi connectivity index (χ1) is 9.97. The van der Waals surface area contributed by atoms with E-state index in [-0.39, 0.29) is 22.7 Å². The smallest absolute Gasteiger partial charge is 0.346 e. The van der Waals surface area contributed by atoms with E-state index in [4.69, 9.17) is 14.9 Å². The van der Waals surface area contributed by atoms with Crippen molar-refractivity contribution in [1.82, 2.24) is 15.0 Å². The van der Waals surface area contributed by atoms with Gasteiger partial charge in [0.25, 0.3) is 0 Å². The predicted octanol–water partition coefficient (Wildman–Crippen LogP) is 0.487. The molecule has 1 aromatic carbocycles. The van der Waals surface area contributed by atoms with Crippen LogP contribution in [0.4, 0.5) is 0 Å². The van der Waals surface area contributed by atoms with Crippen LogP contribution in [-0.2, 0) is 0 Å². The van der Waals surface area contributed by atoms with Crippen molar-refractivity contribution in [3.63, 3.8) is 0 Å². The normalized spacial score (nSPS) is 9.90. The number of carboxylic acid groups (broad SMARTS) is 2. The lowest BCUT2D eigenvalue weighted by Crippen LogP contribution is -2.13. The van der Waals surface area contributed by atoms with Gasteiger partial charge in [-0.15, -0.1) is 0 Å². The van der Waals surface area contributed by atoms with Gasteiger partial charge >= 0.3 is 23.9 Å². The fraction of sp³-hybridized carbons (Fsp3) is 0. The number of carboxylic acids is 2. The molecule has 2 N–H and O–H groups in total. The van der Waals surface area contributed by atoms with Crippen molar-refractivity contribution in [3.8, 4) is 6.01 Å². The van der Waals surface area contributed by atoms with Gasteiger partial charge in [-0.2, -0.15) is 9.97 Å². The third kappa shape index (κ3) is 3.35. The summed E-state index contributed by atoms with van der Waals surface area (Å²) in [6.07, 6.45) is 2.21. The minimum atomic E-state index is -1.37. The van der Waals surface area contributed by atoms with Crippen molar-refractivity contribution >= 4 is 17.9 Å². The third-order valence-electron chi connectivity index (χ3n) is 2.32. The number of aromatic carboxylic acids is 2. The molecule has 0 spiro atoms. The summed E-state index contributed by atoms with van der Waals surface area (Å²) in [5.74, 6) is -3.72. The second kappa shape index (κ2) is 5.74. The first kappa shape index (κ1) is 14.1. The first-order valence-corrected chi connectivity index (χ1v) is 5.43. The van der Waals surface area contributed by atoms with Crippen molar-refractivity contribution in [1.29, 1.82) is 0 Å². The molecule has 9 nitrogen and oxygen atoms in total. The van der Waals surface area contributed by atoms with E-state index in [1.165, 1.54) is 0 Å². The minimum Gasteiger partial charge on any atom is -0.478 e. The Morgan fingerprint density at radius 1 is 0.857 bits per heavy atom. The maximum absolute atomic E-state index is 11.9. The van der Waals surface area contributed by atoms with Crippen LogP contribution in [-0.4, -0.2) is 43.1 Å². The van der Waals surface area contributed by atoms with Crippen LogP contribution in [0.1, 0.15) is 31.1 Å². The van der Waals surface area contributed by atoms with E-state index in [1.54, 1.807) is 0 Å². The summed E-state index contributed by atoms with van der Waals surface area (Å²) in [4.78, 5) is 44.4. The highest BCUT2D eigenvalue weighted by Crippen LogP contribution is 2.13. The monoisotopic (exact) mass is 289 g/mol. The molecule has 21 heavy (non-hydrogen) atoms. The number of benzene rings is 1. The molecule has 1 heterocycles. The van der Waals surface area contributed by atoms with E-state index in [0.29, 0.717) is 0 Å². The SMILES string of the molecule is O=C(O)c1cc(C(=O)O)cc(C(=O)Oc2ncncn2)c1. The van der Waals surface area contributed by atoms with Gasteiger partial charge in [-0.1, -0.05) is 0 Å². The molecule has 0 fully saturated rings. The molecule has 0 aliphatic heterocycles. The van der Waals surface area contributed by atoms with Crippen LogP contribution in [0, 0.1) is 0 Å². The highest BCUT2D eigenvalue weighted by molar-refractivity contribution is 5.99. The number of aromatic nitrogens is 3. The molecule has 2 aromatic rings. The Kier molecular flexibility index (Phi) is 3.84. The van der Waals surface area contributed by atoms with Gasteiger partial charge in [0.05, 0.1) is 16.7 Å². The zero-order valence-electron chi connectivity index (χ0n) is 10.3. The van der Waals surface area contributed by atoms with Gasteiger partial charge in [0, 0.05) is 0 Å². The second-order valence-electron chi connectivity index (χ2n) is 3.72. The lowest BCUT2D eigenvalue weighted by atomic mass is 10.1. The van der Waals surface area contributed by atoms with E-state index in [1.807, 2.05) is 0 Å². The molecule has 0 saturated heterocycles. The molecule has 2 rings (SSSR count). The Balaban J connectivity index is 2.36. The fourth-order valence-corrected chi connectivity index (χ4v) is 1.42. The predicted molar refractivity (Wildman–Crippen MR) is 65.1 cm³/mol. The van der Waals surface area contributed by atoms with Crippen molar-refractivity contribution in [2.24, 2.45) is 0 Å². The highest BCUT2D eigenvalue weighted by atomic mass is 16.5. The molecule has 0 aliphatic carbocycles. The Labute approximate surface area is 116 Å². The summed E-state index contributed by atoms with van der Waals surface area (Å²) in [5, 5.41) is 17.8. The van der Waals surface area contributed by atoms with Crippen molar-refractivity contribution in [2.45, 2.75) is 0 Å². The molecular formula is C12H7N3O6. The number of carbonyl (C=O) groups excluding carboxylic acids is 1. The molecule has 0 radical (unpaired) electrons. The quantitative estimate of drug-likeness (QED) is 0.769. The van der Waals surface area contributed by atoms with Gasteiger partial charge in [-0.05, 0) is 18.2 Å². The number of ether oxygens (including phenoxy) is 1. The van der Waals surface area contributed by atoms with Gasteiger partial charge in [0.15, 0.2) is 0 Å². The number of hydrogen-bond donors (Lipinski definition) is 2. The van der Waals surface area contributed by atoms with Gasteiger partial charge in [0.1, 0.15) is 12.7 Å². The molecule has 9 heteroatoms. The molecule has 0 atom stereocenters. The van der Waals surface area contributed by atoms with Crippen LogP contribution in [0.25, 0.3) is 0 Å². The van der Waals surface area contributed by atoms with Crippen LogP contribution < -0.4 is 4.74 Å². The Hall–Kier alpha value is -3.36. The van der Waals surface area contributed by atoms with E-state index < -0.39 is 17.9 Å². The van der Waals surface area contributed by atoms with Crippen molar-refractivity contribution < 1.29 is 29.3 Å².